The van der Waals surface area contributed by atoms with Crippen LogP contribution in [0.4, 0.5) is 5.69 Å². The average molecular weight is 334 g/mol. The van der Waals surface area contributed by atoms with Gasteiger partial charge < -0.3 is 9.15 Å². The standard InChI is InChI=1S/C21H22N2O2/c1-4-15(18-10-7-12-24-18)14-19-21(2,3)16-8-5-6-9-17(16)23(19)20-22-11-13-25-20/h4-10,12,20,22H,1,11,13H2,2-3H3/t14?,20-/m1/s1. The van der Waals surface area contributed by atoms with E-state index in [2.05, 4.69) is 60.6 Å². The van der Waals surface area contributed by atoms with Crippen molar-refractivity contribution in [1.82, 2.24) is 5.32 Å². The summed E-state index contributed by atoms with van der Waals surface area (Å²) < 4.78 is 11.5. The van der Waals surface area contributed by atoms with Crippen LogP contribution in [0.25, 0.3) is 5.57 Å². The maximum absolute atomic E-state index is 5.92. The van der Waals surface area contributed by atoms with E-state index in [1.165, 1.54) is 5.56 Å². The Morgan fingerprint density at radius 2 is 2.16 bits per heavy atom. The van der Waals surface area contributed by atoms with Crippen LogP contribution in [0.15, 0.2) is 71.2 Å². The smallest absolute Gasteiger partial charge is 0.191 e. The molecular formula is C21H22N2O2. The molecule has 0 radical (unpaired) electrons. The number of nitrogens with zero attached hydrogens (tertiary/aromatic N) is 1. The van der Waals surface area contributed by atoms with Crippen LogP contribution in [0.3, 0.4) is 0 Å². The minimum absolute atomic E-state index is 0.187. The number of benzene rings is 1. The molecular weight excluding hydrogens is 312 g/mol. The Bertz CT molecular complexity index is 852. The van der Waals surface area contributed by atoms with Crippen molar-refractivity contribution >= 4 is 11.3 Å². The van der Waals surface area contributed by atoms with E-state index in [1.807, 2.05) is 12.1 Å². The molecule has 4 heteroatoms. The SMILES string of the molecule is C=CC(=C=C1N([C@H]2NCCO2)c2ccccc2C1(C)C)c1ccco1. The zero-order valence-electron chi connectivity index (χ0n) is 14.6. The number of rotatable bonds is 3. The van der Waals surface area contributed by atoms with E-state index >= 15 is 0 Å². The molecule has 0 bridgehead atoms. The lowest BCUT2D eigenvalue weighted by atomic mass is 9.84. The predicted octanol–water partition coefficient (Wildman–Crippen LogP) is 4.03. The summed E-state index contributed by atoms with van der Waals surface area (Å²) in [7, 11) is 0. The predicted molar refractivity (Wildman–Crippen MR) is 99.0 cm³/mol. The fourth-order valence-corrected chi connectivity index (χ4v) is 3.57. The largest absolute Gasteiger partial charge is 0.464 e. The second-order valence-corrected chi connectivity index (χ2v) is 6.76. The third-order valence-electron chi connectivity index (χ3n) is 4.84. The van der Waals surface area contributed by atoms with Gasteiger partial charge in [0, 0.05) is 17.6 Å². The number of para-hydroxylation sites is 1. The molecule has 1 fully saturated rings. The lowest BCUT2D eigenvalue weighted by Gasteiger charge is -2.29. The van der Waals surface area contributed by atoms with E-state index in [1.54, 1.807) is 12.3 Å². The molecule has 1 atom stereocenters. The van der Waals surface area contributed by atoms with Crippen LogP contribution in [0.1, 0.15) is 25.2 Å². The lowest BCUT2D eigenvalue weighted by molar-refractivity contribution is 0.103. The van der Waals surface area contributed by atoms with Gasteiger partial charge in [-0.2, -0.15) is 0 Å². The molecule has 0 amide bonds. The van der Waals surface area contributed by atoms with Crippen molar-refractivity contribution in [3.05, 3.63) is 78.1 Å². The molecule has 2 aliphatic rings. The number of ether oxygens (including phenoxy) is 1. The van der Waals surface area contributed by atoms with Crippen molar-refractivity contribution in [3.63, 3.8) is 0 Å². The molecule has 4 rings (SSSR count). The van der Waals surface area contributed by atoms with Gasteiger partial charge in [0.2, 0.25) is 0 Å². The fourth-order valence-electron chi connectivity index (χ4n) is 3.57. The molecule has 0 saturated carbocycles. The average Bonchev–Trinajstić information content (AvgIpc) is 3.34. The third-order valence-corrected chi connectivity index (χ3v) is 4.84. The summed E-state index contributed by atoms with van der Waals surface area (Å²) in [5.41, 5.74) is 7.65. The van der Waals surface area contributed by atoms with Crippen LogP contribution >= 0.6 is 0 Å². The van der Waals surface area contributed by atoms with Gasteiger partial charge >= 0.3 is 0 Å². The number of anilines is 1. The van der Waals surface area contributed by atoms with Crippen molar-refractivity contribution < 1.29 is 9.15 Å². The zero-order valence-corrected chi connectivity index (χ0v) is 14.6. The Morgan fingerprint density at radius 3 is 2.84 bits per heavy atom. The first-order valence-electron chi connectivity index (χ1n) is 8.54. The molecule has 0 spiro atoms. The number of hydrogen-bond acceptors (Lipinski definition) is 4. The Hall–Kier alpha value is -2.52. The molecule has 2 aromatic rings. The zero-order chi connectivity index (χ0) is 17.4. The summed E-state index contributed by atoms with van der Waals surface area (Å²) in [5.74, 6) is 0.759. The maximum atomic E-state index is 5.92. The second kappa shape index (κ2) is 6.08. The van der Waals surface area contributed by atoms with Gasteiger partial charge in [0.1, 0.15) is 5.76 Å². The highest BCUT2D eigenvalue weighted by Gasteiger charge is 2.44. The molecule has 1 saturated heterocycles. The first-order chi connectivity index (χ1) is 12.1. The fraction of sp³-hybridized carbons (Fsp3) is 0.286. The first-order valence-corrected chi connectivity index (χ1v) is 8.54. The van der Waals surface area contributed by atoms with Gasteiger partial charge in [-0.3, -0.25) is 10.2 Å². The number of furan rings is 1. The summed E-state index contributed by atoms with van der Waals surface area (Å²) in [6.07, 6.45) is 3.26. The van der Waals surface area contributed by atoms with Crippen LogP contribution in [0.5, 0.6) is 0 Å². The molecule has 1 N–H and O–H groups in total. The lowest BCUT2D eigenvalue weighted by Crippen LogP contribution is -2.42. The van der Waals surface area contributed by atoms with E-state index in [0.717, 1.165) is 29.3 Å². The highest BCUT2D eigenvalue weighted by atomic mass is 16.5. The molecule has 128 valence electrons. The van der Waals surface area contributed by atoms with Crippen molar-refractivity contribution in [1.29, 1.82) is 0 Å². The summed E-state index contributed by atoms with van der Waals surface area (Å²) in [6.45, 7) is 9.91. The maximum Gasteiger partial charge on any atom is 0.191 e. The normalized spacial score (nSPS) is 21.1. The van der Waals surface area contributed by atoms with Gasteiger partial charge in [-0.1, -0.05) is 36.6 Å². The minimum Gasteiger partial charge on any atom is -0.464 e. The topological polar surface area (TPSA) is 37.6 Å². The number of fused-ring (bicyclic) bond motifs is 1. The molecule has 1 aromatic heterocycles. The van der Waals surface area contributed by atoms with Crippen molar-refractivity contribution in [3.8, 4) is 0 Å². The highest BCUT2D eigenvalue weighted by molar-refractivity contribution is 5.75. The highest BCUT2D eigenvalue weighted by Crippen LogP contribution is 2.48. The monoisotopic (exact) mass is 334 g/mol. The second-order valence-electron chi connectivity index (χ2n) is 6.76. The summed E-state index contributed by atoms with van der Waals surface area (Å²) in [6, 6.07) is 12.2. The summed E-state index contributed by atoms with van der Waals surface area (Å²) in [5, 5.41) is 3.42. The van der Waals surface area contributed by atoms with E-state index in [9.17, 15) is 0 Å². The molecule has 25 heavy (non-hydrogen) atoms. The summed E-state index contributed by atoms with van der Waals surface area (Å²) >= 11 is 0. The number of allylic oxidation sites excluding steroid dienone is 2. The van der Waals surface area contributed by atoms with Gasteiger partial charge in [-0.15, -0.1) is 0 Å². The quantitative estimate of drug-likeness (QED) is 0.679. The van der Waals surface area contributed by atoms with Gasteiger partial charge in [-0.25, -0.2) is 0 Å². The van der Waals surface area contributed by atoms with Crippen molar-refractivity contribution in [2.24, 2.45) is 0 Å². The Balaban J connectivity index is 1.95. The van der Waals surface area contributed by atoms with E-state index in [4.69, 9.17) is 9.15 Å². The molecule has 0 unspecified atom stereocenters. The first kappa shape index (κ1) is 16.0. The Kier molecular flexibility index (Phi) is 3.89. The van der Waals surface area contributed by atoms with Gasteiger partial charge in [0.25, 0.3) is 0 Å². The van der Waals surface area contributed by atoms with E-state index < -0.39 is 0 Å². The minimum atomic E-state index is -0.203. The van der Waals surface area contributed by atoms with Crippen molar-refractivity contribution in [2.75, 3.05) is 18.1 Å². The molecule has 4 nitrogen and oxygen atoms in total. The van der Waals surface area contributed by atoms with E-state index in [0.29, 0.717) is 6.61 Å². The van der Waals surface area contributed by atoms with Crippen LogP contribution in [-0.4, -0.2) is 19.5 Å². The number of nitrogens with one attached hydrogen (secondary N) is 1. The van der Waals surface area contributed by atoms with Gasteiger partial charge in [-0.05, 0) is 37.6 Å². The Labute approximate surface area is 148 Å². The van der Waals surface area contributed by atoms with Crippen LogP contribution in [-0.2, 0) is 10.2 Å². The number of hydrogen-bond donors (Lipinski definition) is 1. The summed E-state index contributed by atoms with van der Waals surface area (Å²) in [4.78, 5) is 2.20. The van der Waals surface area contributed by atoms with Crippen LogP contribution in [0, 0.1) is 0 Å². The third kappa shape index (κ3) is 2.56. The van der Waals surface area contributed by atoms with Gasteiger partial charge in [0.15, 0.2) is 6.35 Å². The van der Waals surface area contributed by atoms with Crippen LogP contribution in [0.2, 0.25) is 0 Å². The molecule has 3 heterocycles. The van der Waals surface area contributed by atoms with Crippen molar-refractivity contribution in [2.45, 2.75) is 25.6 Å². The van der Waals surface area contributed by atoms with E-state index in [-0.39, 0.29) is 11.8 Å². The molecule has 1 aromatic carbocycles. The van der Waals surface area contributed by atoms with Gasteiger partial charge in [0.05, 0.1) is 24.1 Å². The molecule has 2 aliphatic heterocycles. The molecule has 0 aliphatic carbocycles. The van der Waals surface area contributed by atoms with Crippen LogP contribution < -0.4 is 10.2 Å². The Morgan fingerprint density at radius 1 is 1.32 bits per heavy atom.